The molecule has 0 fully saturated rings. The molecule has 0 spiro atoms. The topological polar surface area (TPSA) is 40.5 Å². The first-order valence-corrected chi connectivity index (χ1v) is 6.32. The van der Waals surface area contributed by atoms with Crippen LogP contribution in [0.15, 0.2) is 24.3 Å². The summed E-state index contributed by atoms with van der Waals surface area (Å²) in [5, 5.41) is 9.38. The summed E-state index contributed by atoms with van der Waals surface area (Å²) in [4.78, 5) is 13.3. The molecule has 1 rings (SSSR count). The maximum absolute atomic E-state index is 13.2. The Balaban J connectivity index is 3.03. The summed E-state index contributed by atoms with van der Waals surface area (Å²) in [6.07, 6.45) is 1.75. The number of hydrogen-bond acceptors (Lipinski definition) is 2. The van der Waals surface area contributed by atoms with Gasteiger partial charge in [-0.25, -0.2) is 4.39 Å². The lowest BCUT2D eigenvalue weighted by atomic mass is 10.0. The minimum atomic E-state index is -0.928. The Morgan fingerprint density at radius 3 is 2.39 bits per heavy atom. The molecule has 0 saturated heterocycles. The van der Waals surface area contributed by atoms with E-state index < -0.39 is 17.8 Å². The first-order valence-electron chi connectivity index (χ1n) is 6.32. The van der Waals surface area contributed by atoms with Crippen molar-refractivity contribution in [2.24, 2.45) is 0 Å². The number of hydrogen-bond donors (Lipinski definition) is 1. The predicted molar refractivity (Wildman–Crippen MR) is 68.9 cm³/mol. The normalized spacial score (nSPS) is 12.7. The van der Waals surface area contributed by atoms with Crippen LogP contribution < -0.4 is 0 Å². The van der Waals surface area contributed by atoms with Crippen molar-refractivity contribution in [3.05, 3.63) is 35.6 Å². The second-order valence-corrected chi connectivity index (χ2v) is 4.33. The summed E-state index contributed by atoms with van der Waals surface area (Å²) >= 11 is 0. The molecule has 0 radical (unpaired) electrons. The molecule has 0 aliphatic rings. The molecule has 100 valence electrons. The number of nitrogens with zero attached hydrogens (tertiary/aromatic N) is 1. The highest BCUT2D eigenvalue weighted by Crippen LogP contribution is 2.22. The summed E-state index contributed by atoms with van der Waals surface area (Å²) < 4.78 is 13.2. The highest BCUT2D eigenvalue weighted by atomic mass is 19.1. The zero-order valence-electron chi connectivity index (χ0n) is 10.9. The summed E-state index contributed by atoms with van der Waals surface area (Å²) in [5.74, 6) is -1.32. The Bertz CT molecular complexity index is 389. The van der Waals surface area contributed by atoms with Gasteiger partial charge in [0.15, 0.2) is 0 Å². The second-order valence-electron chi connectivity index (χ2n) is 4.33. The number of carboxylic acid groups (broad SMARTS) is 1. The molecule has 4 heteroatoms. The lowest BCUT2D eigenvalue weighted by Crippen LogP contribution is -2.35. The molecule has 3 nitrogen and oxygen atoms in total. The van der Waals surface area contributed by atoms with E-state index in [1.54, 1.807) is 12.1 Å². The summed E-state index contributed by atoms with van der Waals surface area (Å²) in [6.45, 7) is 5.41. The Kier molecular flexibility index (Phi) is 5.78. The van der Waals surface area contributed by atoms with Gasteiger partial charge in [0.05, 0.1) is 0 Å². The number of rotatable bonds is 7. The van der Waals surface area contributed by atoms with Gasteiger partial charge in [-0.1, -0.05) is 26.0 Å². The van der Waals surface area contributed by atoms with Gasteiger partial charge in [-0.2, -0.15) is 0 Å². The van der Waals surface area contributed by atoms with Crippen molar-refractivity contribution in [3.63, 3.8) is 0 Å². The van der Waals surface area contributed by atoms with E-state index in [1.165, 1.54) is 12.1 Å². The Morgan fingerprint density at radius 2 is 1.94 bits per heavy atom. The summed E-state index contributed by atoms with van der Waals surface area (Å²) in [7, 11) is 0. The van der Waals surface area contributed by atoms with E-state index in [1.807, 2.05) is 18.7 Å². The monoisotopic (exact) mass is 253 g/mol. The quantitative estimate of drug-likeness (QED) is 0.811. The molecule has 1 aromatic carbocycles. The van der Waals surface area contributed by atoms with Gasteiger partial charge in [-0.3, -0.25) is 9.69 Å². The fourth-order valence-corrected chi connectivity index (χ4v) is 2.13. The van der Waals surface area contributed by atoms with Crippen LogP contribution in [0.5, 0.6) is 0 Å². The van der Waals surface area contributed by atoms with Gasteiger partial charge in [0.1, 0.15) is 11.9 Å². The average molecular weight is 253 g/mol. The largest absolute Gasteiger partial charge is 0.480 e. The third kappa shape index (κ3) is 3.81. The van der Waals surface area contributed by atoms with Crippen LogP contribution in [0.1, 0.15) is 38.3 Å². The van der Waals surface area contributed by atoms with Crippen molar-refractivity contribution in [1.29, 1.82) is 0 Å². The minimum Gasteiger partial charge on any atom is -0.480 e. The standard InChI is InChI=1S/C14H20FNO2/c1-3-8-16(9-4-2)13(14(17)18)11-6-5-7-12(15)10-11/h5-7,10,13H,3-4,8-9H2,1-2H3,(H,17,18). The van der Waals surface area contributed by atoms with Gasteiger partial charge in [0.2, 0.25) is 0 Å². The molecule has 0 aliphatic heterocycles. The van der Waals surface area contributed by atoms with E-state index in [0.29, 0.717) is 18.7 Å². The molecule has 1 atom stereocenters. The molecule has 0 bridgehead atoms. The molecular weight excluding hydrogens is 233 g/mol. The number of carboxylic acids is 1. The Labute approximate surface area is 107 Å². The van der Waals surface area contributed by atoms with Crippen LogP contribution in [0, 0.1) is 5.82 Å². The van der Waals surface area contributed by atoms with Gasteiger partial charge in [-0.15, -0.1) is 0 Å². The van der Waals surface area contributed by atoms with Crippen LogP contribution in [0.3, 0.4) is 0 Å². The Morgan fingerprint density at radius 1 is 1.33 bits per heavy atom. The first-order chi connectivity index (χ1) is 8.60. The van der Waals surface area contributed by atoms with E-state index in [9.17, 15) is 14.3 Å². The van der Waals surface area contributed by atoms with Gasteiger partial charge >= 0.3 is 5.97 Å². The molecule has 0 aromatic heterocycles. The van der Waals surface area contributed by atoms with Gasteiger partial charge in [0, 0.05) is 0 Å². The van der Waals surface area contributed by atoms with Crippen LogP contribution in [-0.4, -0.2) is 29.1 Å². The lowest BCUT2D eigenvalue weighted by Gasteiger charge is -2.28. The number of carbonyl (C=O) groups is 1. The third-order valence-corrected chi connectivity index (χ3v) is 2.79. The molecule has 0 saturated carbocycles. The highest BCUT2D eigenvalue weighted by Gasteiger charge is 2.26. The first kappa shape index (κ1) is 14.6. The minimum absolute atomic E-state index is 0.397. The molecule has 1 aromatic rings. The molecule has 0 amide bonds. The van der Waals surface area contributed by atoms with Crippen LogP contribution >= 0.6 is 0 Å². The fraction of sp³-hybridized carbons (Fsp3) is 0.500. The van der Waals surface area contributed by atoms with E-state index in [2.05, 4.69) is 0 Å². The summed E-state index contributed by atoms with van der Waals surface area (Å²) in [5.41, 5.74) is 0.504. The van der Waals surface area contributed by atoms with Crippen LogP contribution in [0.25, 0.3) is 0 Å². The maximum Gasteiger partial charge on any atom is 0.325 e. The lowest BCUT2D eigenvalue weighted by molar-refractivity contribution is -0.143. The third-order valence-electron chi connectivity index (χ3n) is 2.79. The van der Waals surface area contributed by atoms with Crippen LogP contribution in [-0.2, 0) is 4.79 Å². The van der Waals surface area contributed by atoms with Crippen molar-refractivity contribution in [2.75, 3.05) is 13.1 Å². The van der Waals surface area contributed by atoms with E-state index in [0.717, 1.165) is 12.8 Å². The van der Waals surface area contributed by atoms with Gasteiger partial charge in [-0.05, 0) is 43.6 Å². The van der Waals surface area contributed by atoms with Crippen molar-refractivity contribution < 1.29 is 14.3 Å². The predicted octanol–water partition coefficient (Wildman–Crippen LogP) is 3.07. The maximum atomic E-state index is 13.2. The smallest absolute Gasteiger partial charge is 0.325 e. The zero-order valence-corrected chi connectivity index (χ0v) is 10.9. The number of benzene rings is 1. The van der Waals surface area contributed by atoms with Crippen molar-refractivity contribution in [1.82, 2.24) is 4.90 Å². The SMILES string of the molecule is CCCN(CCC)C(C(=O)O)c1cccc(F)c1. The second kappa shape index (κ2) is 7.11. The van der Waals surface area contributed by atoms with E-state index in [-0.39, 0.29) is 0 Å². The van der Waals surface area contributed by atoms with Crippen molar-refractivity contribution in [3.8, 4) is 0 Å². The summed E-state index contributed by atoms with van der Waals surface area (Å²) in [6, 6.07) is 5.08. The molecular formula is C14H20FNO2. The Hall–Kier alpha value is -1.42. The van der Waals surface area contributed by atoms with E-state index in [4.69, 9.17) is 0 Å². The van der Waals surface area contributed by atoms with Crippen molar-refractivity contribution in [2.45, 2.75) is 32.7 Å². The van der Waals surface area contributed by atoms with Gasteiger partial charge in [0.25, 0.3) is 0 Å². The zero-order chi connectivity index (χ0) is 13.5. The number of halogens is 1. The molecule has 0 heterocycles. The average Bonchev–Trinajstić information content (AvgIpc) is 2.29. The van der Waals surface area contributed by atoms with Crippen molar-refractivity contribution >= 4 is 5.97 Å². The number of aliphatic carboxylic acids is 1. The van der Waals surface area contributed by atoms with Crippen LogP contribution in [0.4, 0.5) is 4.39 Å². The molecule has 1 unspecified atom stereocenters. The van der Waals surface area contributed by atoms with Crippen LogP contribution in [0.2, 0.25) is 0 Å². The highest BCUT2D eigenvalue weighted by molar-refractivity contribution is 5.75. The molecule has 0 aliphatic carbocycles. The van der Waals surface area contributed by atoms with E-state index >= 15 is 0 Å². The van der Waals surface area contributed by atoms with Gasteiger partial charge < -0.3 is 5.11 Å². The molecule has 18 heavy (non-hydrogen) atoms. The fourth-order valence-electron chi connectivity index (χ4n) is 2.13. The molecule has 1 N–H and O–H groups in total.